The molecule has 1 aliphatic carbocycles. The first-order valence-electron chi connectivity index (χ1n) is 6.32. The van der Waals surface area contributed by atoms with Crippen molar-refractivity contribution in [3.8, 4) is 0 Å². The van der Waals surface area contributed by atoms with Gasteiger partial charge in [0.15, 0.2) is 0 Å². The van der Waals surface area contributed by atoms with Gasteiger partial charge in [0.1, 0.15) is 0 Å². The summed E-state index contributed by atoms with van der Waals surface area (Å²) in [6.07, 6.45) is 4.52. The van der Waals surface area contributed by atoms with Crippen LogP contribution in [-0.4, -0.2) is 50.3 Å². The topological polar surface area (TPSA) is 24.5 Å². The lowest BCUT2D eigenvalue weighted by Crippen LogP contribution is -2.49. The molecule has 0 aromatic rings. The van der Waals surface area contributed by atoms with E-state index in [9.17, 15) is 0 Å². The third-order valence-corrected chi connectivity index (χ3v) is 4.01. The largest absolute Gasteiger partial charge is 0.380 e. The number of nitrogens with one attached hydrogen (secondary N) is 1. The fourth-order valence-electron chi connectivity index (χ4n) is 2.85. The first-order chi connectivity index (χ1) is 7.35. The van der Waals surface area contributed by atoms with Crippen LogP contribution < -0.4 is 5.32 Å². The minimum Gasteiger partial charge on any atom is -0.380 e. The van der Waals surface area contributed by atoms with E-state index in [4.69, 9.17) is 4.74 Å². The highest BCUT2D eigenvalue weighted by molar-refractivity contribution is 4.93. The SMILES string of the molecule is CCNCC1CCC1N1CCC(OC)C1. The molecule has 3 nitrogen and oxygen atoms in total. The minimum atomic E-state index is 0.491. The Hall–Kier alpha value is -0.120. The standard InChI is InChI=1S/C12H24N2O/c1-3-13-8-10-4-5-12(10)14-7-6-11(9-14)15-2/h10-13H,3-9H2,1-2H3. The van der Waals surface area contributed by atoms with Crippen LogP contribution in [0, 0.1) is 5.92 Å². The van der Waals surface area contributed by atoms with Crippen molar-refractivity contribution < 1.29 is 4.74 Å². The Bertz CT molecular complexity index is 198. The van der Waals surface area contributed by atoms with Crippen LogP contribution in [-0.2, 0) is 4.74 Å². The van der Waals surface area contributed by atoms with E-state index in [0.29, 0.717) is 6.10 Å². The summed E-state index contributed by atoms with van der Waals surface area (Å²) in [5, 5.41) is 3.47. The van der Waals surface area contributed by atoms with Crippen LogP contribution in [0.5, 0.6) is 0 Å². The molecule has 15 heavy (non-hydrogen) atoms. The lowest BCUT2D eigenvalue weighted by Gasteiger charge is -2.43. The predicted octanol–water partition coefficient (Wildman–Crippen LogP) is 1.10. The molecule has 1 heterocycles. The summed E-state index contributed by atoms with van der Waals surface area (Å²) in [5.41, 5.74) is 0. The van der Waals surface area contributed by atoms with Crippen LogP contribution in [0.15, 0.2) is 0 Å². The molecule has 88 valence electrons. The molecule has 0 amide bonds. The van der Waals surface area contributed by atoms with Gasteiger partial charge in [0.2, 0.25) is 0 Å². The zero-order valence-electron chi connectivity index (χ0n) is 10.0. The minimum absolute atomic E-state index is 0.491. The lowest BCUT2D eigenvalue weighted by molar-refractivity contribution is 0.0558. The second-order valence-electron chi connectivity index (χ2n) is 4.85. The van der Waals surface area contributed by atoms with Gasteiger partial charge in [-0.1, -0.05) is 6.92 Å². The molecule has 0 aromatic heterocycles. The summed E-state index contributed by atoms with van der Waals surface area (Å²) in [4.78, 5) is 2.64. The van der Waals surface area contributed by atoms with Crippen molar-refractivity contribution in [1.29, 1.82) is 0 Å². The first-order valence-corrected chi connectivity index (χ1v) is 6.32. The van der Waals surface area contributed by atoms with E-state index in [1.54, 1.807) is 0 Å². The maximum atomic E-state index is 5.42. The van der Waals surface area contributed by atoms with Crippen LogP contribution in [0.3, 0.4) is 0 Å². The van der Waals surface area contributed by atoms with Gasteiger partial charge >= 0.3 is 0 Å². The highest BCUT2D eigenvalue weighted by atomic mass is 16.5. The molecular weight excluding hydrogens is 188 g/mol. The van der Waals surface area contributed by atoms with Gasteiger partial charge in [0, 0.05) is 26.2 Å². The molecule has 0 aromatic carbocycles. The summed E-state index contributed by atoms with van der Waals surface area (Å²) < 4.78 is 5.42. The number of methoxy groups -OCH3 is 1. The number of hydrogen-bond acceptors (Lipinski definition) is 3. The van der Waals surface area contributed by atoms with Crippen LogP contribution in [0.1, 0.15) is 26.2 Å². The van der Waals surface area contributed by atoms with E-state index >= 15 is 0 Å². The predicted molar refractivity (Wildman–Crippen MR) is 62.0 cm³/mol. The van der Waals surface area contributed by atoms with Gasteiger partial charge < -0.3 is 10.1 Å². The van der Waals surface area contributed by atoms with Gasteiger partial charge in [-0.2, -0.15) is 0 Å². The zero-order valence-corrected chi connectivity index (χ0v) is 10.0. The Morgan fingerprint density at radius 3 is 2.73 bits per heavy atom. The van der Waals surface area contributed by atoms with E-state index in [0.717, 1.165) is 25.0 Å². The molecule has 0 spiro atoms. The number of rotatable bonds is 5. The van der Waals surface area contributed by atoms with Crippen molar-refractivity contribution in [3.63, 3.8) is 0 Å². The smallest absolute Gasteiger partial charge is 0.0710 e. The number of likely N-dealkylation sites (tertiary alicyclic amines) is 1. The van der Waals surface area contributed by atoms with Gasteiger partial charge in [0.05, 0.1) is 6.10 Å². The maximum absolute atomic E-state index is 5.42. The molecule has 1 aliphatic heterocycles. The fourth-order valence-corrected chi connectivity index (χ4v) is 2.85. The number of nitrogens with zero attached hydrogens (tertiary/aromatic N) is 1. The summed E-state index contributed by atoms with van der Waals surface area (Å²) >= 11 is 0. The second-order valence-corrected chi connectivity index (χ2v) is 4.85. The zero-order chi connectivity index (χ0) is 10.7. The Morgan fingerprint density at radius 2 is 2.20 bits per heavy atom. The monoisotopic (exact) mass is 212 g/mol. The summed E-state index contributed by atoms with van der Waals surface area (Å²) in [5.74, 6) is 0.889. The third-order valence-electron chi connectivity index (χ3n) is 4.01. The quantitative estimate of drug-likeness (QED) is 0.738. The van der Waals surface area contributed by atoms with Gasteiger partial charge in [-0.3, -0.25) is 4.90 Å². The molecule has 0 bridgehead atoms. The van der Waals surface area contributed by atoms with E-state index in [2.05, 4.69) is 17.1 Å². The highest BCUT2D eigenvalue weighted by Gasteiger charge is 2.38. The van der Waals surface area contributed by atoms with E-state index in [1.165, 1.54) is 32.4 Å². The van der Waals surface area contributed by atoms with Crippen LogP contribution in [0.4, 0.5) is 0 Å². The molecule has 1 N–H and O–H groups in total. The summed E-state index contributed by atoms with van der Waals surface area (Å²) in [7, 11) is 1.84. The first kappa shape index (κ1) is 11.4. The van der Waals surface area contributed by atoms with Crippen LogP contribution >= 0.6 is 0 Å². The molecule has 0 radical (unpaired) electrons. The lowest BCUT2D eigenvalue weighted by atomic mass is 9.78. The van der Waals surface area contributed by atoms with Crippen molar-refractivity contribution in [2.45, 2.75) is 38.3 Å². The van der Waals surface area contributed by atoms with Gasteiger partial charge in [0.25, 0.3) is 0 Å². The van der Waals surface area contributed by atoms with E-state index in [1.807, 2.05) is 7.11 Å². The van der Waals surface area contributed by atoms with Crippen molar-refractivity contribution in [1.82, 2.24) is 10.2 Å². The third kappa shape index (κ3) is 2.52. The molecule has 1 saturated carbocycles. The molecule has 2 rings (SSSR count). The molecule has 1 saturated heterocycles. The van der Waals surface area contributed by atoms with Crippen LogP contribution in [0.25, 0.3) is 0 Å². The van der Waals surface area contributed by atoms with Gasteiger partial charge in [-0.25, -0.2) is 0 Å². The fraction of sp³-hybridized carbons (Fsp3) is 1.00. The van der Waals surface area contributed by atoms with Gasteiger partial charge in [-0.05, 0) is 38.3 Å². The Kier molecular flexibility index (Phi) is 4.00. The van der Waals surface area contributed by atoms with E-state index < -0.39 is 0 Å². The molecule has 3 unspecified atom stereocenters. The summed E-state index contributed by atoms with van der Waals surface area (Å²) in [6.45, 7) is 6.89. The van der Waals surface area contributed by atoms with Crippen molar-refractivity contribution >= 4 is 0 Å². The normalized spacial score (nSPS) is 36.8. The second kappa shape index (κ2) is 5.28. The maximum Gasteiger partial charge on any atom is 0.0710 e. The Balaban J connectivity index is 1.74. The molecule has 2 fully saturated rings. The molecule has 3 heteroatoms. The van der Waals surface area contributed by atoms with Crippen LogP contribution in [0.2, 0.25) is 0 Å². The van der Waals surface area contributed by atoms with Crippen molar-refractivity contribution in [2.24, 2.45) is 5.92 Å². The highest BCUT2D eigenvalue weighted by Crippen LogP contribution is 2.34. The average Bonchev–Trinajstić information content (AvgIpc) is 2.65. The molecule has 2 aliphatic rings. The number of ether oxygens (including phenoxy) is 1. The summed E-state index contributed by atoms with van der Waals surface area (Å²) in [6, 6.07) is 0.837. The van der Waals surface area contributed by atoms with Crippen molar-refractivity contribution in [3.05, 3.63) is 0 Å². The Labute approximate surface area is 93.2 Å². The van der Waals surface area contributed by atoms with Gasteiger partial charge in [-0.15, -0.1) is 0 Å². The average molecular weight is 212 g/mol. The van der Waals surface area contributed by atoms with E-state index in [-0.39, 0.29) is 0 Å². The molecular formula is C12H24N2O. The molecule has 3 atom stereocenters. The number of hydrogen-bond donors (Lipinski definition) is 1. The van der Waals surface area contributed by atoms with Crippen molar-refractivity contribution in [2.75, 3.05) is 33.3 Å². The Morgan fingerprint density at radius 1 is 1.33 bits per heavy atom.